The largest absolute Gasteiger partial charge is 0.481 e. The number of carbonyl (C=O) groups is 1. The van der Waals surface area contributed by atoms with Crippen molar-refractivity contribution in [1.82, 2.24) is 24.8 Å². The molecule has 0 aliphatic carbocycles. The summed E-state index contributed by atoms with van der Waals surface area (Å²) in [5, 5.41) is 24.8. The summed E-state index contributed by atoms with van der Waals surface area (Å²) in [4.78, 5) is 13.9. The molecule has 1 atom stereocenters. The fraction of sp³-hybridized carbons (Fsp3) is 0.333. The third-order valence-corrected chi connectivity index (χ3v) is 6.72. The second kappa shape index (κ2) is 10.5. The van der Waals surface area contributed by atoms with Gasteiger partial charge in [-0.05, 0) is 36.1 Å². The maximum Gasteiger partial charge on any atom is 0.304 e. The van der Waals surface area contributed by atoms with Crippen molar-refractivity contribution in [1.29, 1.82) is 0 Å². The molecule has 164 valence electrons. The van der Waals surface area contributed by atoms with Gasteiger partial charge in [-0.25, -0.2) is 0 Å². The Balaban J connectivity index is 0.000000628. The molecule has 31 heavy (non-hydrogen) atoms. The lowest BCUT2D eigenvalue weighted by atomic mass is 10.00. The maximum atomic E-state index is 11.3. The Morgan fingerprint density at radius 2 is 2.23 bits per heavy atom. The van der Waals surface area contributed by atoms with Crippen LogP contribution in [-0.4, -0.2) is 41.7 Å². The Labute approximate surface area is 198 Å². The van der Waals surface area contributed by atoms with Crippen LogP contribution in [0.25, 0.3) is 22.3 Å². The molecule has 0 amide bonds. The van der Waals surface area contributed by atoms with Gasteiger partial charge in [0.1, 0.15) is 0 Å². The zero-order valence-corrected chi connectivity index (χ0v) is 20.4. The van der Waals surface area contributed by atoms with Gasteiger partial charge < -0.3 is 9.67 Å². The molecule has 2 aromatic heterocycles. The van der Waals surface area contributed by atoms with E-state index in [2.05, 4.69) is 48.6 Å². The van der Waals surface area contributed by atoms with Gasteiger partial charge in [-0.15, -0.1) is 28.4 Å². The van der Waals surface area contributed by atoms with E-state index in [0.29, 0.717) is 11.7 Å². The van der Waals surface area contributed by atoms with Crippen molar-refractivity contribution in [3.63, 3.8) is 0 Å². The molecule has 0 saturated carbocycles. The van der Waals surface area contributed by atoms with Crippen LogP contribution < -0.4 is 0 Å². The van der Waals surface area contributed by atoms with Crippen LogP contribution in [-0.2, 0) is 18.4 Å². The van der Waals surface area contributed by atoms with Gasteiger partial charge in [0.15, 0.2) is 0 Å². The number of hydrogen-bond donors (Lipinski definition) is 1. The van der Waals surface area contributed by atoms with Crippen LogP contribution in [0.3, 0.4) is 0 Å². The fourth-order valence-electron chi connectivity index (χ4n) is 3.67. The molecule has 10 heteroatoms. The van der Waals surface area contributed by atoms with Crippen LogP contribution in [0, 0.1) is 0 Å². The third-order valence-electron chi connectivity index (χ3n) is 4.82. The number of benzene rings is 1. The minimum absolute atomic E-state index is 0.0210. The van der Waals surface area contributed by atoms with E-state index in [9.17, 15) is 9.90 Å². The Hall–Kier alpha value is -2.10. The molecule has 0 saturated heterocycles. The highest BCUT2D eigenvalue weighted by atomic mass is 79.9. The van der Waals surface area contributed by atoms with Crippen molar-refractivity contribution in [2.75, 3.05) is 5.88 Å². The first-order chi connectivity index (χ1) is 14.9. The lowest BCUT2D eigenvalue weighted by molar-refractivity contribution is -0.137. The van der Waals surface area contributed by atoms with E-state index in [1.807, 2.05) is 24.5 Å². The number of carboxylic acid groups (broad SMARTS) is 1. The summed E-state index contributed by atoms with van der Waals surface area (Å²) in [6.07, 6.45) is 4.62. The second-order valence-corrected chi connectivity index (χ2v) is 9.01. The van der Waals surface area contributed by atoms with Gasteiger partial charge in [0.2, 0.25) is 5.82 Å². The first-order valence-corrected chi connectivity index (χ1v) is 11.9. The predicted octanol–water partition coefficient (Wildman–Crippen LogP) is 5.59. The lowest BCUT2D eigenvalue weighted by Gasteiger charge is -2.09. The van der Waals surface area contributed by atoms with Crippen molar-refractivity contribution in [2.45, 2.75) is 37.1 Å². The molecule has 1 unspecified atom stereocenters. The predicted molar refractivity (Wildman–Crippen MR) is 129 cm³/mol. The summed E-state index contributed by atoms with van der Waals surface area (Å²) >= 11 is 10.4. The van der Waals surface area contributed by atoms with E-state index in [4.69, 9.17) is 11.6 Å². The summed E-state index contributed by atoms with van der Waals surface area (Å²) in [5.41, 5.74) is 3.06. The number of nitrogens with zero attached hydrogens (tertiary/aromatic N) is 5. The van der Waals surface area contributed by atoms with Crippen LogP contribution in [0.15, 0.2) is 45.6 Å². The molecule has 0 fully saturated rings. The van der Waals surface area contributed by atoms with Crippen LogP contribution in [0.1, 0.15) is 31.4 Å². The average molecular weight is 525 g/mol. The van der Waals surface area contributed by atoms with E-state index < -0.39 is 5.97 Å². The van der Waals surface area contributed by atoms with E-state index in [0.717, 1.165) is 44.5 Å². The van der Waals surface area contributed by atoms with E-state index >= 15 is 0 Å². The van der Waals surface area contributed by atoms with Gasteiger partial charge in [-0.1, -0.05) is 39.8 Å². The molecule has 0 radical (unpaired) electrons. The van der Waals surface area contributed by atoms with Crippen LogP contribution in [0.2, 0.25) is 0 Å². The zero-order chi connectivity index (χ0) is 22.5. The molecule has 0 bridgehead atoms. The van der Waals surface area contributed by atoms with E-state index in [1.54, 1.807) is 24.9 Å². The molecule has 1 N–H and O–H groups in total. The number of rotatable bonds is 6. The van der Waals surface area contributed by atoms with Crippen LogP contribution in [0.5, 0.6) is 0 Å². The van der Waals surface area contributed by atoms with Crippen molar-refractivity contribution in [2.24, 2.45) is 7.05 Å². The molecule has 1 aliphatic rings. The first-order valence-electron chi connectivity index (χ1n) is 9.67. The molecular weight excluding hydrogens is 502 g/mol. The second-order valence-electron chi connectivity index (χ2n) is 6.93. The highest BCUT2D eigenvalue weighted by Crippen LogP contribution is 2.47. The number of hydrogen-bond acceptors (Lipinski definition) is 5. The number of alkyl halides is 1. The Bertz CT molecular complexity index is 1140. The van der Waals surface area contributed by atoms with Crippen molar-refractivity contribution < 1.29 is 9.90 Å². The summed E-state index contributed by atoms with van der Waals surface area (Å²) in [6, 6.07) is 4.07. The summed E-state index contributed by atoms with van der Waals surface area (Å²) < 4.78 is 3.20. The number of carboxylic acids is 1. The Kier molecular flexibility index (Phi) is 7.96. The van der Waals surface area contributed by atoms with E-state index in [-0.39, 0.29) is 12.3 Å². The minimum Gasteiger partial charge on any atom is -0.481 e. The van der Waals surface area contributed by atoms with E-state index in [1.165, 1.54) is 4.80 Å². The average Bonchev–Trinajstić information content (AvgIpc) is 3.42. The van der Waals surface area contributed by atoms with Crippen molar-refractivity contribution >= 4 is 56.2 Å². The minimum atomic E-state index is -0.760. The topological polar surface area (TPSA) is 85.8 Å². The number of thioether (sulfide) groups is 1. The van der Waals surface area contributed by atoms with Crippen molar-refractivity contribution in [3.8, 4) is 11.4 Å². The van der Waals surface area contributed by atoms with Gasteiger partial charge in [0.25, 0.3) is 0 Å². The normalized spacial score (nSPS) is 15.2. The maximum absolute atomic E-state index is 11.3. The monoisotopic (exact) mass is 523 g/mol. The number of tetrazole rings is 1. The number of allylic oxidation sites excluding steroid dienone is 2. The Morgan fingerprint density at radius 3 is 2.81 bits per heavy atom. The fourth-order valence-corrected chi connectivity index (χ4v) is 5.45. The van der Waals surface area contributed by atoms with Gasteiger partial charge in [0.05, 0.1) is 19.0 Å². The number of aryl methyl sites for hydroxylation is 2. The molecular formula is C21H23BrClN5O2S. The highest BCUT2D eigenvalue weighted by Gasteiger charge is 2.32. The number of aliphatic carboxylic acids is 1. The number of aromatic nitrogens is 5. The lowest BCUT2D eigenvalue weighted by Crippen LogP contribution is -2.03. The Morgan fingerprint density at radius 1 is 1.48 bits per heavy atom. The summed E-state index contributed by atoms with van der Waals surface area (Å²) in [5.74, 6) is 0.384. The summed E-state index contributed by atoms with van der Waals surface area (Å²) in [6.45, 7) is 6.14. The zero-order valence-electron chi connectivity index (χ0n) is 17.3. The van der Waals surface area contributed by atoms with Gasteiger partial charge in [-0.2, -0.15) is 4.80 Å². The smallest absolute Gasteiger partial charge is 0.304 e. The van der Waals surface area contributed by atoms with Gasteiger partial charge in [-0.3, -0.25) is 4.79 Å². The summed E-state index contributed by atoms with van der Waals surface area (Å²) in [7, 11) is 1.74. The quantitative estimate of drug-likeness (QED) is 0.257. The molecule has 3 heterocycles. The molecule has 1 aliphatic heterocycles. The molecule has 1 aromatic carbocycles. The molecule has 0 spiro atoms. The van der Waals surface area contributed by atoms with Gasteiger partial charge >= 0.3 is 5.97 Å². The number of fused-ring (bicyclic) bond motifs is 3. The van der Waals surface area contributed by atoms with Crippen molar-refractivity contribution in [3.05, 3.63) is 46.4 Å². The third kappa shape index (κ3) is 5.05. The standard InChI is InChI=1S/C18H18BrN5O2S.C3H5Cl/c1-3-6-27-17-15-12(19)7-11(18-20-22-23(2)21-18)8-13(15)24-5-4-10(16(17)24)9-14(25)26;1-2-3-4/h3,6-8,10H,4-5,9H2,1-2H3,(H,25,26);2H,1,3H2/b6-3+;. The molecule has 3 aromatic rings. The highest BCUT2D eigenvalue weighted by molar-refractivity contribution is 9.10. The molecule has 7 nitrogen and oxygen atoms in total. The first kappa shape index (κ1) is 23.6. The van der Waals surface area contributed by atoms with Gasteiger partial charge in [0, 0.05) is 44.4 Å². The molecule has 4 rings (SSSR count). The number of halogens is 2. The SMILES string of the molecule is C/C=C/Sc1c2n(c3cc(-c4nnn(C)n4)cc(Br)c13)CCC2CC(=O)O.C=CCCl. The van der Waals surface area contributed by atoms with Crippen LogP contribution in [0.4, 0.5) is 0 Å². The van der Waals surface area contributed by atoms with Crippen LogP contribution >= 0.6 is 39.3 Å².